The molecule has 0 spiro atoms. The van der Waals surface area contributed by atoms with Crippen LogP contribution in [0.5, 0.6) is 0 Å². The van der Waals surface area contributed by atoms with Gasteiger partial charge in [0.15, 0.2) is 0 Å². The maximum Gasteiger partial charge on any atom is 0.256 e. The third kappa shape index (κ3) is 2.26. The molecule has 0 bridgehead atoms. The van der Waals surface area contributed by atoms with Crippen molar-refractivity contribution in [2.24, 2.45) is 0 Å². The second-order valence-corrected chi connectivity index (χ2v) is 6.55. The molecular formula is C17H16N2O3S. The Morgan fingerprint density at radius 2 is 2.13 bits per heavy atom. The summed E-state index contributed by atoms with van der Waals surface area (Å²) in [6.45, 7) is 0.539. The van der Waals surface area contributed by atoms with Gasteiger partial charge < -0.3 is 15.0 Å². The number of anilines is 1. The molecule has 118 valence electrons. The predicted octanol–water partition coefficient (Wildman–Crippen LogP) is 2.60. The lowest BCUT2D eigenvalue weighted by Crippen LogP contribution is -2.46. The van der Waals surface area contributed by atoms with Crippen LogP contribution in [0, 0.1) is 0 Å². The third-order valence-corrected chi connectivity index (χ3v) is 5.22. The average Bonchev–Trinajstić information content (AvgIpc) is 3.22. The predicted molar refractivity (Wildman–Crippen MR) is 88.6 cm³/mol. The van der Waals surface area contributed by atoms with Crippen LogP contribution in [0.3, 0.4) is 0 Å². The Labute approximate surface area is 137 Å². The van der Waals surface area contributed by atoms with Gasteiger partial charge in [-0.1, -0.05) is 6.07 Å². The number of carbonyl (C=O) groups excluding carboxylic acids is 2. The van der Waals surface area contributed by atoms with Crippen molar-refractivity contribution in [3.63, 3.8) is 0 Å². The molecule has 1 saturated heterocycles. The lowest BCUT2D eigenvalue weighted by molar-refractivity contribution is -0.122. The largest absolute Gasteiger partial charge is 0.379 e. The van der Waals surface area contributed by atoms with Gasteiger partial charge in [0.1, 0.15) is 6.04 Å². The Hall–Kier alpha value is -2.18. The molecule has 2 amide bonds. The van der Waals surface area contributed by atoms with E-state index >= 15 is 0 Å². The Morgan fingerprint density at radius 3 is 2.87 bits per heavy atom. The number of hydrogen-bond donors (Lipinski definition) is 1. The number of benzene rings is 1. The second kappa shape index (κ2) is 5.47. The first-order valence-corrected chi connectivity index (χ1v) is 8.44. The summed E-state index contributed by atoms with van der Waals surface area (Å²) in [5, 5.41) is 6.93. The Balaban J connectivity index is 1.78. The minimum absolute atomic E-state index is 0.111. The molecule has 1 N–H and O–H groups in total. The van der Waals surface area contributed by atoms with Crippen LogP contribution < -0.4 is 5.32 Å². The van der Waals surface area contributed by atoms with Crippen LogP contribution in [0.4, 0.5) is 5.69 Å². The van der Waals surface area contributed by atoms with Crippen LogP contribution in [-0.4, -0.2) is 42.5 Å². The quantitative estimate of drug-likeness (QED) is 0.922. The molecule has 1 fully saturated rings. The van der Waals surface area contributed by atoms with Gasteiger partial charge in [-0.15, -0.1) is 0 Å². The average molecular weight is 328 g/mol. The summed E-state index contributed by atoms with van der Waals surface area (Å²) in [7, 11) is 1.58. The topological polar surface area (TPSA) is 58.6 Å². The van der Waals surface area contributed by atoms with E-state index in [1.807, 2.05) is 35.0 Å². The zero-order chi connectivity index (χ0) is 16.0. The molecule has 6 heteroatoms. The molecule has 2 aliphatic rings. The lowest BCUT2D eigenvalue weighted by atomic mass is 10.0. The number of hydrogen-bond acceptors (Lipinski definition) is 4. The number of nitrogens with one attached hydrogen (secondary N) is 1. The fourth-order valence-corrected chi connectivity index (χ4v) is 4.01. The van der Waals surface area contributed by atoms with E-state index in [4.69, 9.17) is 4.74 Å². The number of carbonyl (C=O) groups is 2. The zero-order valence-corrected chi connectivity index (χ0v) is 13.4. The maximum absolute atomic E-state index is 12.9. The van der Waals surface area contributed by atoms with Gasteiger partial charge in [0.25, 0.3) is 5.91 Å². The summed E-state index contributed by atoms with van der Waals surface area (Å²) in [4.78, 5) is 27.1. The Bertz CT molecular complexity index is 772. The molecule has 1 aromatic heterocycles. The number of rotatable bonds is 2. The summed E-state index contributed by atoms with van der Waals surface area (Å²) in [5.41, 5.74) is 3.17. The van der Waals surface area contributed by atoms with E-state index in [2.05, 4.69) is 5.32 Å². The maximum atomic E-state index is 12.9. The van der Waals surface area contributed by atoms with Gasteiger partial charge in [0, 0.05) is 13.7 Å². The van der Waals surface area contributed by atoms with E-state index in [0.29, 0.717) is 24.2 Å². The van der Waals surface area contributed by atoms with Crippen LogP contribution in [0.2, 0.25) is 0 Å². The van der Waals surface area contributed by atoms with Gasteiger partial charge >= 0.3 is 0 Å². The minimum Gasteiger partial charge on any atom is -0.379 e. The summed E-state index contributed by atoms with van der Waals surface area (Å²) in [5.74, 6) is -0.287. The summed E-state index contributed by atoms with van der Waals surface area (Å²) in [6, 6.07) is 7.07. The van der Waals surface area contributed by atoms with E-state index < -0.39 is 6.04 Å². The van der Waals surface area contributed by atoms with Crippen molar-refractivity contribution >= 4 is 28.8 Å². The van der Waals surface area contributed by atoms with E-state index in [-0.39, 0.29) is 17.9 Å². The van der Waals surface area contributed by atoms with Crippen molar-refractivity contribution in [1.29, 1.82) is 0 Å². The molecule has 2 aliphatic heterocycles. The van der Waals surface area contributed by atoms with Crippen LogP contribution in [-0.2, 0) is 9.53 Å². The first kappa shape index (κ1) is 14.4. The number of amides is 2. The lowest BCUT2D eigenvalue weighted by Gasteiger charge is -2.23. The molecule has 2 atom stereocenters. The van der Waals surface area contributed by atoms with Crippen molar-refractivity contribution in [3.05, 3.63) is 40.6 Å². The highest BCUT2D eigenvalue weighted by Crippen LogP contribution is 2.33. The van der Waals surface area contributed by atoms with E-state index in [9.17, 15) is 9.59 Å². The fraction of sp³-hybridized carbons (Fsp3) is 0.294. The van der Waals surface area contributed by atoms with Crippen LogP contribution >= 0.6 is 11.3 Å². The molecule has 0 aliphatic carbocycles. The zero-order valence-electron chi connectivity index (χ0n) is 12.6. The van der Waals surface area contributed by atoms with Gasteiger partial charge in [-0.3, -0.25) is 9.59 Å². The standard InChI is InChI=1S/C17H16N2O3S/c1-22-14-4-6-19-15(14)16(20)18-13-3-2-10(8-12(13)17(19)21)11-5-7-23-9-11/h2-3,5,7-9,14-15H,4,6H2,1H3,(H,18,20)/t14-,15-/m0/s1. The van der Waals surface area contributed by atoms with Crippen molar-refractivity contribution in [2.75, 3.05) is 19.0 Å². The van der Waals surface area contributed by atoms with Crippen molar-refractivity contribution in [2.45, 2.75) is 18.6 Å². The molecule has 0 unspecified atom stereocenters. The van der Waals surface area contributed by atoms with E-state index in [1.165, 1.54) is 0 Å². The van der Waals surface area contributed by atoms with Crippen molar-refractivity contribution in [1.82, 2.24) is 4.90 Å². The number of methoxy groups -OCH3 is 1. The summed E-state index contributed by atoms with van der Waals surface area (Å²) < 4.78 is 5.38. The molecule has 3 heterocycles. The second-order valence-electron chi connectivity index (χ2n) is 5.77. The fourth-order valence-electron chi connectivity index (χ4n) is 3.35. The van der Waals surface area contributed by atoms with Crippen LogP contribution in [0.1, 0.15) is 16.8 Å². The molecular weight excluding hydrogens is 312 g/mol. The monoisotopic (exact) mass is 328 g/mol. The third-order valence-electron chi connectivity index (χ3n) is 4.54. The Morgan fingerprint density at radius 1 is 1.26 bits per heavy atom. The first-order chi connectivity index (χ1) is 11.2. The van der Waals surface area contributed by atoms with Gasteiger partial charge in [-0.2, -0.15) is 11.3 Å². The van der Waals surface area contributed by atoms with Gasteiger partial charge in [-0.25, -0.2) is 0 Å². The van der Waals surface area contributed by atoms with Crippen LogP contribution in [0.25, 0.3) is 11.1 Å². The number of nitrogens with zero attached hydrogens (tertiary/aromatic N) is 1. The van der Waals surface area contributed by atoms with Crippen LogP contribution in [0.15, 0.2) is 35.0 Å². The highest BCUT2D eigenvalue weighted by Gasteiger charge is 2.44. The molecule has 0 radical (unpaired) electrons. The SMILES string of the molecule is CO[C@H]1CCN2C(=O)c3cc(-c4ccsc4)ccc3NC(=O)[C@H]12. The summed E-state index contributed by atoms with van der Waals surface area (Å²) in [6.07, 6.45) is 0.435. The van der Waals surface area contributed by atoms with E-state index in [1.54, 1.807) is 23.3 Å². The smallest absolute Gasteiger partial charge is 0.256 e. The van der Waals surface area contributed by atoms with Gasteiger partial charge in [0.2, 0.25) is 5.91 Å². The Kier molecular flexibility index (Phi) is 3.43. The number of thiophene rings is 1. The van der Waals surface area contributed by atoms with Gasteiger partial charge in [0.05, 0.1) is 17.4 Å². The molecule has 4 rings (SSSR count). The normalized spacial score (nSPS) is 23.3. The van der Waals surface area contributed by atoms with Crippen molar-refractivity contribution < 1.29 is 14.3 Å². The summed E-state index contributed by atoms with van der Waals surface area (Å²) >= 11 is 1.61. The number of fused-ring (bicyclic) bond motifs is 2. The highest BCUT2D eigenvalue weighted by molar-refractivity contribution is 7.08. The number of ether oxygens (including phenoxy) is 1. The minimum atomic E-state index is -0.551. The molecule has 1 aromatic carbocycles. The highest BCUT2D eigenvalue weighted by atomic mass is 32.1. The molecule has 0 saturated carbocycles. The molecule has 23 heavy (non-hydrogen) atoms. The first-order valence-electron chi connectivity index (χ1n) is 7.50. The molecule has 2 aromatic rings. The van der Waals surface area contributed by atoms with Crippen molar-refractivity contribution in [3.8, 4) is 11.1 Å². The van der Waals surface area contributed by atoms with Gasteiger partial charge in [-0.05, 0) is 46.5 Å². The molecule has 5 nitrogen and oxygen atoms in total. The van der Waals surface area contributed by atoms with E-state index in [0.717, 1.165) is 11.1 Å².